The zero-order valence-corrected chi connectivity index (χ0v) is 31.6. The van der Waals surface area contributed by atoms with E-state index in [0.29, 0.717) is 51.3 Å². The van der Waals surface area contributed by atoms with Gasteiger partial charge < -0.3 is 40.1 Å². The second-order valence-electron chi connectivity index (χ2n) is 11.1. The van der Waals surface area contributed by atoms with Gasteiger partial charge in [0.25, 0.3) is 0 Å². The third-order valence-corrected chi connectivity index (χ3v) is 26.4. The van der Waals surface area contributed by atoms with Gasteiger partial charge in [0.1, 0.15) is 0 Å². The van der Waals surface area contributed by atoms with E-state index < -0.39 is 34.2 Å². The van der Waals surface area contributed by atoms with Crippen LogP contribution in [0.1, 0.15) is 83.1 Å². The van der Waals surface area contributed by atoms with Crippen LogP contribution in [-0.2, 0) is 40.1 Å². The van der Waals surface area contributed by atoms with Gasteiger partial charge in [0.05, 0.1) is 24.9 Å². The molecule has 0 aliphatic heterocycles. The number of ether oxygens (including phenoxy) is 4. The Morgan fingerprint density at radius 1 is 0.385 bits per heavy atom. The average Bonchev–Trinajstić information content (AvgIpc) is 2.89. The maximum atomic E-state index is 7.51. The Bertz CT molecular complexity index is 595. The first-order chi connectivity index (χ1) is 18.3. The minimum Gasteiger partial charge on any atom is -0.412 e. The molecule has 0 saturated carbocycles. The van der Waals surface area contributed by atoms with Crippen LogP contribution in [0.2, 0.25) is 22.2 Å². The second-order valence-corrected chi connectivity index (χ2v) is 26.7. The largest absolute Gasteiger partial charge is 0.412 e. The van der Waals surface area contributed by atoms with Crippen LogP contribution in [0.3, 0.4) is 0 Å². The van der Waals surface area contributed by atoms with Crippen molar-refractivity contribution in [3.63, 3.8) is 0 Å². The van der Waals surface area contributed by atoms with Gasteiger partial charge in [-0.3, -0.25) is 0 Å². The zero-order chi connectivity index (χ0) is 30.3. The molecule has 0 heterocycles. The van der Waals surface area contributed by atoms with Crippen LogP contribution < -0.4 is 0 Å². The lowest BCUT2D eigenvalue weighted by atomic mass is 10.6. The van der Waals surface area contributed by atoms with Crippen LogP contribution in [0.15, 0.2) is 0 Å². The quantitative estimate of drug-likeness (QED) is 0.119. The molecule has 0 fully saturated rings. The van der Waals surface area contributed by atoms with E-state index in [1.54, 1.807) is 14.2 Å². The predicted molar refractivity (Wildman–Crippen MR) is 167 cm³/mol. The van der Waals surface area contributed by atoms with Crippen molar-refractivity contribution < 1.29 is 40.1 Å². The van der Waals surface area contributed by atoms with E-state index in [0.717, 1.165) is 0 Å². The summed E-state index contributed by atoms with van der Waals surface area (Å²) in [6.07, 6.45) is 1.57. The molecule has 13 heteroatoms. The summed E-state index contributed by atoms with van der Waals surface area (Å²) in [4.78, 5) is 0. The van der Waals surface area contributed by atoms with Crippen molar-refractivity contribution in [1.29, 1.82) is 0 Å². The van der Waals surface area contributed by atoms with Crippen molar-refractivity contribution in [2.75, 3.05) is 65.6 Å². The lowest BCUT2D eigenvalue weighted by Gasteiger charge is -2.50. The molecule has 0 aromatic carbocycles. The van der Waals surface area contributed by atoms with Crippen LogP contribution in [-0.4, -0.2) is 99.8 Å². The molecule has 0 spiro atoms. The molecule has 0 aromatic rings. The van der Waals surface area contributed by atoms with Gasteiger partial charge in [-0.15, -0.1) is 0 Å². The van der Waals surface area contributed by atoms with Gasteiger partial charge in [-0.2, -0.15) is 0 Å². The Morgan fingerprint density at radius 2 is 0.590 bits per heavy atom. The highest BCUT2D eigenvalue weighted by molar-refractivity contribution is 6.91. The lowest BCUT2D eigenvalue weighted by Crippen LogP contribution is -2.71. The summed E-state index contributed by atoms with van der Waals surface area (Å²) < 4.78 is 58.9. The van der Waals surface area contributed by atoms with Gasteiger partial charge in [0, 0.05) is 40.6 Å². The first-order valence-corrected chi connectivity index (χ1v) is 23.2. The molecule has 0 N–H and O–H groups in total. The SMILES string of the molecule is CCOC[Si](OC)(O[Si](COCC)(O[Si](COCC)(O[Si](COCC)(OC)C(C)C)C(C)C)C(C)C)C(C)C. The van der Waals surface area contributed by atoms with Crippen molar-refractivity contribution in [3.05, 3.63) is 0 Å². The Morgan fingerprint density at radius 3 is 0.769 bits per heavy atom. The van der Waals surface area contributed by atoms with Gasteiger partial charge in [-0.05, 0) is 49.9 Å². The highest BCUT2D eigenvalue weighted by Gasteiger charge is 2.61. The van der Waals surface area contributed by atoms with Gasteiger partial charge in [0.15, 0.2) is 0 Å². The molecule has 0 aliphatic carbocycles. The van der Waals surface area contributed by atoms with Crippen molar-refractivity contribution in [2.45, 2.75) is 105 Å². The molecule has 39 heavy (non-hydrogen) atoms. The topological polar surface area (TPSA) is 83.1 Å². The Labute approximate surface area is 244 Å². The van der Waals surface area contributed by atoms with Gasteiger partial charge in [-0.25, -0.2) is 0 Å². The monoisotopic (exact) mass is 630 g/mol. The molecule has 4 unspecified atom stereocenters. The molecule has 0 amide bonds. The molecule has 0 aliphatic rings. The van der Waals surface area contributed by atoms with E-state index in [4.69, 9.17) is 40.1 Å². The Kier molecular flexibility index (Phi) is 19.2. The molecule has 0 rings (SSSR count). The second kappa shape index (κ2) is 18.9. The van der Waals surface area contributed by atoms with E-state index in [1.165, 1.54) is 0 Å². The number of rotatable bonds is 24. The molecule has 0 aromatic heterocycles. The smallest absolute Gasteiger partial charge is 0.358 e. The maximum absolute atomic E-state index is 7.51. The Balaban J connectivity index is 7.16. The van der Waals surface area contributed by atoms with Crippen molar-refractivity contribution in [1.82, 2.24) is 0 Å². The fourth-order valence-electron chi connectivity index (χ4n) is 4.12. The summed E-state index contributed by atoms with van der Waals surface area (Å²) in [5, 5.41) is 0. The normalized spacial score (nSPS) is 18.9. The molecule has 9 nitrogen and oxygen atoms in total. The molecule has 0 radical (unpaired) electrons. The average molecular weight is 631 g/mol. The first-order valence-electron chi connectivity index (χ1n) is 14.8. The molecule has 236 valence electrons. The van der Waals surface area contributed by atoms with Crippen LogP contribution >= 0.6 is 0 Å². The summed E-state index contributed by atoms with van der Waals surface area (Å²) >= 11 is 0. The molecule has 4 atom stereocenters. The van der Waals surface area contributed by atoms with E-state index in [-0.39, 0.29) is 22.2 Å². The minimum absolute atomic E-state index is 0.0480. The van der Waals surface area contributed by atoms with E-state index >= 15 is 0 Å². The van der Waals surface area contributed by atoms with Crippen LogP contribution in [0.4, 0.5) is 0 Å². The van der Waals surface area contributed by atoms with Crippen LogP contribution in [0.25, 0.3) is 0 Å². The summed E-state index contributed by atoms with van der Waals surface area (Å²) in [5.74, 6) is 0. The van der Waals surface area contributed by atoms with Crippen molar-refractivity contribution in [2.24, 2.45) is 0 Å². The number of hydrogen-bond donors (Lipinski definition) is 0. The van der Waals surface area contributed by atoms with Gasteiger partial charge in [0.2, 0.25) is 0 Å². The molecular formula is C26H62O9Si4. The minimum atomic E-state index is -3.17. The van der Waals surface area contributed by atoms with Crippen molar-refractivity contribution >= 4 is 34.2 Å². The summed E-state index contributed by atoms with van der Waals surface area (Å²) in [7, 11) is -8.63. The van der Waals surface area contributed by atoms with E-state index in [9.17, 15) is 0 Å². The van der Waals surface area contributed by atoms with Crippen molar-refractivity contribution in [3.8, 4) is 0 Å². The highest BCUT2D eigenvalue weighted by atomic mass is 28.5. The fraction of sp³-hybridized carbons (Fsp3) is 1.00. The lowest BCUT2D eigenvalue weighted by molar-refractivity contribution is 0.0966. The Hall–Kier alpha value is 0.508. The third-order valence-electron chi connectivity index (χ3n) is 7.28. The van der Waals surface area contributed by atoms with E-state index in [2.05, 4.69) is 55.4 Å². The zero-order valence-electron chi connectivity index (χ0n) is 27.6. The highest BCUT2D eigenvalue weighted by Crippen LogP contribution is 2.40. The summed E-state index contributed by atoms with van der Waals surface area (Å²) in [6.45, 7) is 27.5. The molecule has 0 saturated heterocycles. The summed E-state index contributed by atoms with van der Waals surface area (Å²) in [6, 6.07) is 0. The van der Waals surface area contributed by atoms with Crippen LogP contribution in [0, 0.1) is 0 Å². The summed E-state index contributed by atoms with van der Waals surface area (Å²) in [5.41, 5.74) is 0.362. The molecule has 0 bridgehead atoms. The van der Waals surface area contributed by atoms with E-state index in [1.807, 2.05) is 27.7 Å². The third kappa shape index (κ3) is 10.9. The molecular weight excluding hydrogens is 569 g/mol. The van der Waals surface area contributed by atoms with Gasteiger partial charge in [-0.1, -0.05) is 55.4 Å². The van der Waals surface area contributed by atoms with Crippen LogP contribution in [0.5, 0.6) is 0 Å². The first kappa shape index (κ1) is 39.5. The predicted octanol–water partition coefficient (Wildman–Crippen LogP) is 6.04. The fourth-order valence-corrected chi connectivity index (χ4v) is 24.4. The standard InChI is InChI=1S/C26H62O9Si4/c1-15-29-19-36(27-13,23(5)6)33-38(25(9)10,21-31-17-3)35-39(26(11)12,22-32-18-4)34-37(28-14,24(7)8)20-30-16-2/h23-26H,15-22H2,1-14H3. The number of hydrogen-bond acceptors (Lipinski definition) is 9. The van der Waals surface area contributed by atoms with Gasteiger partial charge >= 0.3 is 34.2 Å². The maximum Gasteiger partial charge on any atom is 0.358 e.